The summed E-state index contributed by atoms with van der Waals surface area (Å²) in [6.07, 6.45) is 3.27. The molecule has 0 bridgehead atoms. The van der Waals surface area contributed by atoms with E-state index < -0.39 is 0 Å². The molecule has 0 aromatic heterocycles. The fourth-order valence-electron chi connectivity index (χ4n) is 2.92. The highest BCUT2D eigenvalue weighted by Crippen LogP contribution is 2.20. The quantitative estimate of drug-likeness (QED) is 0.777. The number of rotatable bonds is 3. The highest BCUT2D eigenvalue weighted by Gasteiger charge is 2.32. The highest BCUT2D eigenvalue weighted by molar-refractivity contribution is 5.81. The van der Waals surface area contributed by atoms with Crippen molar-refractivity contribution >= 4 is 5.91 Å². The Kier molecular flexibility index (Phi) is 4.97. The van der Waals surface area contributed by atoms with Crippen molar-refractivity contribution in [3.05, 3.63) is 0 Å². The van der Waals surface area contributed by atoms with Crippen LogP contribution in [0.4, 0.5) is 0 Å². The lowest BCUT2D eigenvalue weighted by Crippen LogP contribution is -2.55. The van der Waals surface area contributed by atoms with Crippen LogP contribution in [0.1, 0.15) is 26.2 Å². The second-order valence-electron chi connectivity index (χ2n) is 5.18. The van der Waals surface area contributed by atoms with Gasteiger partial charge in [0.05, 0.1) is 25.9 Å². The Hall–Kier alpha value is -0.650. The van der Waals surface area contributed by atoms with Crippen LogP contribution in [0.5, 0.6) is 0 Å². The molecule has 0 spiro atoms. The topological polar surface area (TPSA) is 53.0 Å². The van der Waals surface area contributed by atoms with Gasteiger partial charge in [-0.3, -0.25) is 9.69 Å². The van der Waals surface area contributed by atoms with Crippen LogP contribution < -0.4 is 0 Å². The lowest BCUT2D eigenvalue weighted by Gasteiger charge is -2.40. The van der Waals surface area contributed by atoms with Gasteiger partial charge in [0.2, 0.25) is 5.91 Å². The summed E-state index contributed by atoms with van der Waals surface area (Å²) in [5, 5.41) is 9.42. The first kappa shape index (κ1) is 13.8. The van der Waals surface area contributed by atoms with E-state index >= 15 is 0 Å². The molecule has 2 aliphatic rings. The third-order valence-corrected chi connectivity index (χ3v) is 4.06. The molecule has 0 aliphatic carbocycles. The zero-order valence-electron chi connectivity index (χ0n) is 11.2. The van der Waals surface area contributed by atoms with Crippen molar-refractivity contribution in [2.45, 2.75) is 38.3 Å². The Morgan fingerprint density at radius 2 is 2.06 bits per heavy atom. The summed E-state index contributed by atoms with van der Waals surface area (Å²) in [4.78, 5) is 16.5. The van der Waals surface area contributed by atoms with E-state index in [2.05, 4.69) is 4.90 Å². The van der Waals surface area contributed by atoms with Crippen LogP contribution in [0.25, 0.3) is 0 Å². The van der Waals surface area contributed by atoms with Gasteiger partial charge in [0.25, 0.3) is 0 Å². The van der Waals surface area contributed by atoms with Crippen LogP contribution >= 0.6 is 0 Å². The molecule has 2 fully saturated rings. The molecule has 0 radical (unpaired) electrons. The van der Waals surface area contributed by atoms with Crippen LogP contribution in [0, 0.1) is 0 Å². The number of ether oxygens (including phenoxy) is 1. The minimum absolute atomic E-state index is 0.124. The number of nitrogens with zero attached hydrogens (tertiary/aromatic N) is 2. The molecule has 104 valence electrons. The summed E-state index contributed by atoms with van der Waals surface area (Å²) >= 11 is 0. The number of hydrogen-bond donors (Lipinski definition) is 1. The zero-order valence-corrected chi connectivity index (χ0v) is 11.2. The minimum Gasteiger partial charge on any atom is -0.395 e. The molecule has 0 saturated carbocycles. The first-order valence-corrected chi connectivity index (χ1v) is 6.97. The zero-order chi connectivity index (χ0) is 13.0. The Morgan fingerprint density at radius 1 is 1.33 bits per heavy atom. The van der Waals surface area contributed by atoms with Gasteiger partial charge in [-0.2, -0.15) is 0 Å². The molecule has 2 atom stereocenters. The van der Waals surface area contributed by atoms with E-state index in [0.29, 0.717) is 26.3 Å². The van der Waals surface area contributed by atoms with Crippen LogP contribution in [0.2, 0.25) is 0 Å². The van der Waals surface area contributed by atoms with Gasteiger partial charge < -0.3 is 14.7 Å². The van der Waals surface area contributed by atoms with Crippen LogP contribution in [-0.2, 0) is 9.53 Å². The minimum atomic E-state index is -0.124. The van der Waals surface area contributed by atoms with Gasteiger partial charge in [0, 0.05) is 19.1 Å². The smallest absolute Gasteiger partial charge is 0.239 e. The number of amides is 1. The first-order valence-electron chi connectivity index (χ1n) is 6.97. The second-order valence-corrected chi connectivity index (χ2v) is 5.18. The van der Waals surface area contributed by atoms with Gasteiger partial charge >= 0.3 is 0 Å². The maximum Gasteiger partial charge on any atom is 0.239 e. The summed E-state index contributed by atoms with van der Waals surface area (Å²) in [6, 6.07) is 0.0271. The summed E-state index contributed by atoms with van der Waals surface area (Å²) in [5.41, 5.74) is 0. The fraction of sp³-hybridized carbons (Fsp3) is 0.923. The molecule has 2 unspecified atom stereocenters. The van der Waals surface area contributed by atoms with Gasteiger partial charge in [0.1, 0.15) is 0 Å². The van der Waals surface area contributed by atoms with Gasteiger partial charge in [-0.15, -0.1) is 0 Å². The molecule has 0 aromatic rings. The molecule has 0 aromatic carbocycles. The van der Waals surface area contributed by atoms with Crippen molar-refractivity contribution in [3.63, 3.8) is 0 Å². The predicted octanol–water partition coefficient (Wildman–Crippen LogP) is 0.0805. The average Bonchev–Trinajstić information content (AvgIpc) is 2.46. The van der Waals surface area contributed by atoms with Gasteiger partial charge in [-0.1, -0.05) is 6.42 Å². The number of aliphatic hydroxyl groups excluding tert-OH is 1. The summed E-state index contributed by atoms with van der Waals surface area (Å²) in [6.45, 7) is 5.71. The van der Waals surface area contributed by atoms with Crippen LogP contribution in [0.3, 0.4) is 0 Å². The highest BCUT2D eigenvalue weighted by atomic mass is 16.5. The Morgan fingerprint density at radius 3 is 2.72 bits per heavy atom. The molecule has 5 nitrogen and oxygen atoms in total. The van der Waals surface area contributed by atoms with Crippen LogP contribution in [-0.4, -0.2) is 72.4 Å². The molecule has 1 N–H and O–H groups in total. The van der Waals surface area contributed by atoms with Gasteiger partial charge in [0.15, 0.2) is 0 Å². The predicted molar refractivity (Wildman–Crippen MR) is 68.3 cm³/mol. The van der Waals surface area contributed by atoms with E-state index in [1.807, 2.05) is 11.8 Å². The number of hydrogen-bond acceptors (Lipinski definition) is 4. The molecule has 1 amide bonds. The number of carbonyl (C=O) groups is 1. The Labute approximate surface area is 109 Å². The van der Waals surface area contributed by atoms with Crippen molar-refractivity contribution in [1.29, 1.82) is 0 Å². The Bertz CT molecular complexity index is 279. The standard InChI is InChI=1S/C13H24N2O3/c1-11(13(17)14-6-8-18-9-7-14)15-5-3-2-4-12(15)10-16/h11-12,16H,2-10H2,1H3. The van der Waals surface area contributed by atoms with E-state index in [1.54, 1.807) is 0 Å². The van der Waals surface area contributed by atoms with Crippen molar-refractivity contribution in [2.24, 2.45) is 0 Å². The molecular weight excluding hydrogens is 232 g/mol. The largest absolute Gasteiger partial charge is 0.395 e. The maximum absolute atomic E-state index is 12.4. The van der Waals surface area contributed by atoms with Gasteiger partial charge in [-0.25, -0.2) is 0 Å². The molecular formula is C13H24N2O3. The van der Waals surface area contributed by atoms with Crippen molar-refractivity contribution in [1.82, 2.24) is 9.80 Å². The van der Waals surface area contributed by atoms with Crippen LogP contribution in [0.15, 0.2) is 0 Å². The molecule has 2 saturated heterocycles. The summed E-state index contributed by atoms with van der Waals surface area (Å²) < 4.78 is 5.27. The van der Waals surface area contributed by atoms with Crippen molar-refractivity contribution in [2.75, 3.05) is 39.5 Å². The summed E-state index contributed by atoms with van der Waals surface area (Å²) in [5.74, 6) is 0.179. The molecule has 2 heterocycles. The number of morpholine rings is 1. The normalized spacial score (nSPS) is 28.1. The fourth-order valence-corrected chi connectivity index (χ4v) is 2.92. The second kappa shape index (κ2) is 6.50. The molecule has 5 heteroatoms. The van der Waals surface area contributed by atoms with E-state index in [4.69, 9.17) is 4.74 Å². The monoisotopic (exact) mass is 256 g/mol. The van der Waals surface area contributed by atoms with E-state index in [9.17, 15) is 9.90 Å². The van der Waals surface area contributed by atoms with Crippen molar-refractivity contribution < 1.29 is 14.6 Å². The lowest BCUT2D eigenvalue weighted by atomic mass is 10.00. The molecule has 18 heavy (non-hydrogen) atoms. The number of likely N-dealkylation sites (tertiary alicyclic amines) is 1. The first-order chi connectivity index (χ1) is 8.74. The van der Waals surface area contributed by atoms with E-state index in [0.717, 1.165) is 25.8 Å². The maximum atomic E-state index is 12.4. The third-order valence-electron chi connectivity index (χ3n) is 4.06. The number of aliphatic hydroxyl groups is 1. The Balaban J connectivity index is 1.95. The lowest BCUT2D eigenvalue weighted by molar-refractivity contribution is -0.142. The average molecular weight is 256 g/mol. The van der Waals surface area contributed by atoms with Crippen molar-refractivity contribution in [3.8, 4) is 0 Å². The number of carbonyl (C=O) groups excluding carboxylic acids is 1. The third kappa shape index (κ3) is 3.02. The van der Waals surface area contributed by atoms with Gasteiger partial charge in [-0.05, 0) is 26.3 Å². The summed E-state index contributed by atoms with van der Waals surface area (Å²) in [7, 11) is 0. The van der Waals surface area contributed by atoms with E-state index in [1.165, 1.54) is 0 Å². The van der Waals surface area contributed by atoms with E-state index in [-0.39, 0.29) is 24.6 Å². The molecule has 2 rings (SSSR count). The SMILES string of the molecule is CC(C(=O)N1CCOCC1)N1CCCCC1CO. The number of piperidine rings is 1. The molecule has 2 aliphatic heterocycles.